The smallest absolute Gasteiger partial charge is 0.285 e. The highest BCUT2D eigenvalue weighted by atomic mass is 32.2. The zero-order valence-electron chi connectivity index (χ0n) is 15.9. The summed E-state index contributed by atoms with van der Waals surface area (Å²) in [4.78, 5) is 0.800. The maximum atomic E-state index is 12.9. The molecule has 1 heterocycles. The average molecular weight is 413 g/mol. The van der Waals surface area contributed by atoms with Crippen molar-refractivity contribution in [1.29, 1.82) is 0 Å². The van der Waals surface area contributed by atoms with Crippen molar-refractivity contribution in [1.82, 2.24) is 4.57 Å². The van der Waals surface area contributed by atoms with Crippen LogP contribution in [0.15, 0.2) is 69.3 Å². The second-order valence-electron chi connectivity index (χ2n) is 7.31. The minimum atomic E-state index is -3.75. The lowest BCUT2D eigenvalue weighted by Gasteiger charge is -2.25. The van der Waals surface area contributed by atoms with Crippen molar-refractivity contribution < 1.29 is 8.42 Å². The molecule has 0 radical (unpaired) electrons. The number of aromatic nitrogens is 1. The zero-order chi connectivity index (χ0) is 19.6. The summed E-state index contributed by atoms with van der Waals surface area (Å²) in [5.41, 5.74) is 3.17. The molecular formula is C22H24N2O2S2. The first kappa shape index (κ1) is 19.2. The fraction of sp³-hybridized carbons (Fsp3) is 0.318. The summed E-state index contributed by atoms with van der Waals surface area (Å²) in [6, 6.07) is 17.3. The van der Waals surface area contributed by atoms with E-state index in [1.807, 2.05) is 30.5 Å². The van der Waals surface area contributed by atoms with Gasteiger partial charge in [0, 0.05) is 11.4 Å². The Bertz CT molecular complexity index is 1110. The molecule has 146 valence electrons. The molecule has 1 aliphatic carbocycles. The summed E-state index contributed by atoms with van der Waals surface area (Å²) in [6.45, 7) is 1.94. The molecule has 28 heavy (non-hydrogen) atoms. The molecule has 6 heteroatoms. The molecule has 0 bridgehead atoms. The minimum absolute atomic E-state index is 0.239. The summed E-state index contributed by atoms with van der Waals surface area (Å²) in [5.74, 6) is 0. The quantitative estimate of drug-likeness (QED) is 0.582. The summed E-state index contributed by atoms with van der Waals surface area (Å²) in [7, 11) is -3.75. The molecule has 0 aliphatic heterocycles. The Kier molecular flexibility index (Phi) is 5.51. The van der Waals surface area contributed by atoms with Crippen molar-refractivity contribution in [3.05, 3.63) is 70.3 Å². The molecule has 3 aromatic rings. The van der Waals surface area contributed by atoms with Gasteiger partial charge in [-0.3, -0.25) is 0 Å². The number of hydrogen-bond donors (Lipinski definition) is 0. The third-order valence-corrected chi connectivity index (χ3v) is 7.50. The van der Waals surface area contributed by atoms with Gasteiger partial charge in [-0.1, -0.05) is 67.3 Å². The van der Waals surface area contributed by atoms with Gasteiger partial charge in [-0.2, -0.15) is 8.42 Å². The summed E-state index contributed by atoms with van der Waals surface area (Å²) in [5, 5.41) is 2.04. The molecule has 0 atom stereocenters. The fourth-order valence-corrected chi connectivity index (χ4v) is 5.94. The monoisotopic (exact) mass is 412 g/mol. The highest BCUT2D eigenvalue weighted by Crippen LogP contribution is 2.32. The molecule has 1 aliphatic rings. The van der Waals surface area contributed by atoms with Crippen molar-refractivity contribution in [3.63, 3.8) is 0 Å². The third kappa shape index (κ3) is 3.98. The van der Waals surface area contributed by atoms with Crippen LogP contribution in [0.25, 0.3) is 11.3 Å². The molecule has 0 spiro atoms. The van der Waals surface area contributed by atoms with E-state index in [4.69, 9.17) is 0 Å². The summed E-state index contributed by atoms with van der Waals surface area (Å²) < 4.78 is 32.3. The lowest BCUT2D eigenvalue weighted by atomic mass is 9.95. The highest BCUT2D eigenvalue weighted by Gasteiger charge is 2.22. The summed E-state index contributed by atoms with van der Waals surface area (Å²) >= 11 is 1.41. The van der Waals surface area contributed by atoms with Gasteiger partial charge in [0.05, 0.1) is 10.6 Å². The lowest BCUT2D eigenvalue weighted by molar-refractivity contribution is 0.351. The predicted molar refractivity (Wildman–Crippen MR) is 114 cm³/mol. The summed E-state index contributed by atoms with van der Waals surface area (Å²) in [6.07, 6.45) is 5.72. The Balaban J connectivity index is 1.85. The SMILES string of the molecule is Cc1ccc(S(=O)(=O)N=c2scc(-c3ccccc3)n2C2CCCCC2)cc1. The van der Waals surface area contributed by atoms with Crippen LogP contribution >= 0.6 is 11.3 Å². The van der Waals surface area contributed by atoms with E-state index in [0.717, 1.165) is 29.7 Å². The number of nitrogens with zero attached hydrogens (tertiary/aromatic N) is 2. The van der Waals surface area contributed by atoms with Crippen LogP contribution in [0.2, 0.25) is 0 Å². The first-order valence-corrected chi connectivity index (χ1v) is 12.0. The number of rotatable bonds is 4. The average Bonchev–Trinajstić information content (AvgIpc) is 3.12. The molecule has 0 unspecified atom stereocenters. The van der Waals surface area contributed by atoms with Crippen LogP contribution in [-0.4, -0.2) is 13.0 Å². The molecule has 0 amide bonds. The van der Waals surface area contributed by atoms with Gasteiger partial charge in [-0.15, -0.1) is 15.7 Å². The number of thiazole rings is 1. The Morgan fingerprint density at radius 3 is 2.32 bits per heavy atom. The first-order chi connectivity index (χ1) is 13.5. The standard InChI is InChI=1S/C22H24N2O2S2/c1-17-12-14-20(15-13-17)28(25,26)23-22-24(19-10-6-3-7-11-19)21(16-27-22)18-8-4-2-5-9-18/h2,4-5,8-9,12-16,19H,3,6-7,10-11H2,1H3. The van der Waals surface area contributed by atoms with Crippen molar-refractivity contribution in [2.45, 2.75) is 50.0 Å². The van der Waals surface area contributed by atoms with E-state index in [2.05, 4.69) is 21.1 Å². The van der Waals surface area contributed by atoms with Gasteiger partial charge in [0.2, 0.25) is 4.80 Å². The van der Waals surface area contributed by atoms with Gasteiger partial charge in [-0.25, -0.2) is 0 Å². The molecule has 0 N–H and O–H groups in total. The number of hydrogen-bond acceptors (Lipinski definition) is 3. The van der Waals surface area contributed by atoms with Crippen molar-refractivity contribution in [2.75, 3.05) is 0 Å². The molecule has 1 fully saturated rings. The lowest BCUT2D eigenvalue weighted by Crippen LogP contribution is -2.25. The van der Waals surface area contributed by atoms with Crippen LogP contribution in [0.5, 0.6) is 0 Å². The second kappa shape index (κ2) is 8.05. The van der Waals surface area contributed by atoms with E-state index in [0.29, 0.717) is 10.8 Å². The van der Waals surface area contributed by atoms with E-state index in [1.165, 1.54) is 30.6 Å². The third-order valence-electron chi connectivity index (χ3n) is 5.27. The van der Waals surface area contributed by atoms with Crippen LogP contribution in [0.4, 0.5) is 0 Å². The largest absolute Gasteiger partial charge is 0.313 e. The Labute approximate surface area is 170 Å². The van der Waals surface area contributed by atoms with E-state index in [-0.39, 0.29) is 4.90 Å². The predicted octanol–water partition coefficient (Wildman–Crippen LogP) is 5.32. The molecule has 1 aromatic heterocycles. The Morgan fingerprint density at radius 1 is 0.964 bits per heavy atom. The van der Waals surface area contributed by atoms with Crippen LogP contribution in [0.3, 0.4) is 0 Å². The van der Waals surface area contributed by atoms with E-state index < -0.39 is 10.0 Å². The normalized spacial score (nSPS) is 16.4. The topological polar surface area (TPSA) is 51.4 Å². The van der Waals surface area contributed by atoms with Gasteiger partial charge in [0.15, 0.2) is 0 Å². The van der Waals surface area contributed by atoms with Gasteiger partial charge in [0.25, 0.3) is 10.0 Å². The van der Waals surface area contributed by atoms with Crippen molar-refractivity contribution in [2.24, 2.45) is 4.40 Å². The molecule has 2 aromatic carbocycles. The number of sulfonamides is 1. The van der Waals surface area contributed by atoms with E-state index in [1.54, 1.807) is 24.3 Å². The van der Waals surface area contributed by atoms with Crippen LogP contribution < -0.4 is 4.80 Å². The van der Waals surface area contributed by atoms with Crippen molar-refractivity contribution >= 4 is 21.4 Å². The van der Waals surface area contributed by atoms with E-state index in [9.17, 15) is 8.42 Å². The maximum absolute atomic E-state index is 12.9. The highest BCUT2D eigenvalue weighted by molar-refractivity contribution is 7.90. The Hall–Kier alpha value is -2.18. The Morgan fingerprint density at radius 2 is 1.64 bits per heavy atom. The van der Waals surface area contributed by atoms with Crippen molar-refractivity contribution in [3.8, 4) is 11.3 Å². The molecular weight excluding hydrogens is 388 g/mol. The maximum Gasteiger partial charge on any atom is 0.285 e. The number of aryl methyl sites for hydroxylation is 1. The second-order valence-corrected chi connectivity index (χ2v) is 9.75. The number of benzene rings is 2. The van der Waals surface area contributed by atoms with Crippen LogP contribution in [0.1, 0.15) is 43.7 Å². The molecule has 1 saturated carbocycles. The molecule has 0 saturated heterocycles. The van der Waals surface area contributed by atoms with E-state index >= 15 is 0 Å². The fourth-order valence-electron chi connectivity index (χ4n) is 3.76. The van der Waals surface area contributed by atoms with Crippen LogP contribution in [0, 0.1) is 6.92 Å². The molecule has 4 nitrogen and oxygen atoms in total. The van der Waals surface area contributed by atoms with Gasteiger partial charge >= 0.3 is 0 Å². The first-order valence-electron chi connectivity index (χ1n) is 9.68. The van der Waals surface area contributed by atoms with Gasteiger partial charge in [0.1, 0.15) is 0 Å². The zero-order valence-corrected chi connectivity index (χ0v) is 17.5. The minimum Gasteiger partial charge on any atom is -0.313 e. The van der Waals surface area contributed by atoms with Gasteiger partial charge in [-0.05, 0) is 37.5 Å². The molecule has 4 rings (SSSR count). The van der Waals surface area contributed by atoms with Gasteiger partial charge < -0.3 is 4.57 Å². The van der Waals surface area contributed by atoms with Crippen LogP contribution in [-0.2, 0) is 10.0 Å².